The fourth-order valence-electron chi connectivity index (χ4n) is 5.84. The number of carboxylic acid groups (broad SMARTS) is 1. The molecule has 56 heavy (non-hydrogen) atoms. The van der Waals surface area contributed by atoms with Gasteiger partial charge in [0.25, 0.3) is 0 Å². The fraction of sp³-hybridized carbons (Fsp3) is 0.766. The van der Waals surface area contributed by atoms with Crippen LogP contribution in [-0.2, 0) is 33.3 Å². The Bertz CT molecular complexity index is 1060. The summed E-state index contributed by atoms with van der Waals surface area (Å²) in [6.07, 6.45) is 41.3. The molecule has 0 aromatic heterocycles. The van der Waals surface area contributed by atoms with Gasteiger partial charge in [0.05, 0.1) is 40.3 Å². The summed E-state index contributed by atoms with van der Waals surface area (Å²) >= 11 is 0. The highest BCUT2D eigenvalue weighted by molar-refractivity contribution is 5.70. The van der Waals surface area contributed by atoms with Crippen molar-refractivity contribution >= 4 is 17.9 Å². The van der Waals surface area contributed by atoms with Gasteiger partial charge in [-0.05, 0) is 70.6 Å². The molecule has 0 fully saturated rings. The quantitative estimate of drug-likeness (QED) is 0.0198. The maximum atomic E-state index is 12.7. The number of ether oxygens (including phenoxy) is 4. The second-order valence-electron chi connectivity index (χ2n) is 16.0. The van der Waals surface area contributed by atoms with Crippen molar-refractivity contribution < 1.29 is 42.9 Å². The normalized spacial score (nSPS) is 13.4. The zero-order valence-electron chi connectivity index (χ0n) is 36.5. The van der Waals surface area contributed by atoms with Crippen LogP contribution in [0.3, 0.4) is 0 Å². The van der Waals surface area contributed by atoms with E-state index in [4.69, 9.17) is 18.9 Å². The molecule has 0 aliphatic rings. The first-order chi connectivity index (χ1) is 27.1. The maximum absolute atomic E-state index is 12.7. The predicted octanol–water partition coefficient (Wildman–Crippen LogP) is 10.3. The fourth-order valence-corrected chi connectivity index (χ4v) is 5.84. The second-order valence-corrected chi connectivity index (χ2v) is 16.0. The first-order valence-corrected chi connectivity index (χ1v) is 22.3. The monoisotopic (exact) mass is 790 g/mol. The highest BCUT2D eigenvalue weighted by atomic mass is 16.7. The zero-order chi connectivity index (χ0) is 41.4. The van der Waals surface area contributed by atoms with Crippen molar-refractivity contribution in [3.8, 4) is 0 Å². The topological polar surface area (TPSA) is 111 Å². The molecule has 0 spiro atoms. The van der Waals surface area contributed by atoms with Crippen LogP contribution in [0.25, 0.3) is 0 Å². The Kier molecular flexibility index (Phi) is 37.2. The van der Waals surface area contributed by atoms with Gasteiger partial charge in [-0.3, -0.25) is 9.59 Å². The van der Waals surface area contributed by atoms with Crippen molar-refractivity contribution in [3.05, 3.63) is 48.6 Å². The lowest BCUT2D eigenvalue weighted by atomic mass is 10.1. The second kappa shape index (κ2) is 39.1. The predicted molar refractivity (Wildman–Crippen MR) is 228 cm³/mol. The lowest BCUT2D eigenvalue weighted by molar-refractivity contribution is -0.870. The number of carboxylic acids is 1. The number of quaternary nitrogens is 1. The van der Waals surface area contributed by atoms with E-state index in [2.05, 4.69) is 62.5 Å². The molecule has 0 amide bonds. The van der Waals surface area contributed by atoms with Crippen LogP contribution >= 0.6 is 0 Å². The molecule has 0 aromatic carbocycles. The number of hydrogen-bond donors (Lipinski definition) is 0. The Morgan fingerprint density at radius 3 is 1.54 bits per heavy atom. The van der Waals surface area contributed by atoms with Crippen LogP contribution in [0, 0.1) is 0 Å². The number of unbranched alkanes of at least 4 members (excludes halogenated alkanes) is 17. The Morgan fingerprint density at radius 2 is 1.02 bits per heavy atom. The van der Waals surface area contributed by atoms with Crippen molar-refractivity contribution in [2.75, 3.05) is 47.5 Å². The van der Waals surface area contributed by atoms with Gasteiger partial charge in [0, 0.05) is 12.8 Å². The number of likely N-dealkylation sites (N-methyl/N-ethyl adjacent to an activating group) is 1. The average molecular weight is 790 g/mol. The Morgan fingerprint density at radius 1 is 0.554 bits per heavy atom. The van der Waals surface area contributed by atoms with Gasteiger partial charge in [0.15, 0.2) is 12.4 Å². The van der Waals surface area contributed by atoms with Gasteiger partial charge in [0.2, 0.25) is 0 Å². The molecule has 0 N–H and O–H groups in total. The van der Waals surface area contributed by atoms with Gasteiger partial charge in [-0.15, -0.1) is 0 Å². The summed E-state index contributed by atoms with van der Waals surface area (Å²) in [7, 11) is 5.90. The first-order valence-electron chi connectivity index (χ1n) is 22.3. The Labute approximate surface area is 342 Å². The number of nitrogens with zero attached hydrogens (tertiary/aromatic N) is 1. The van der Waals surface area contributed by atoms with Crippen LogP contribution in [0.4, 0.5) is 0 Å². The van der Waals surface area contributed by atoms with E-state index < -0.39 is 24.3 Å². The summed E-state index contributed by atoms with van der Waals surface area (Å²) in [6, 6.07) is 0. The van der Waals surface area contributed by atoms with Crippen LogP contribution in [0.15, 0.2) is 48.6 Å². The SMILES string of the molecule is CC/C=C\C/C=C\C/C=C\CCCCCCCCCC(=O)OC(COC(=O)CCCCCCC/C=C\CCCCCCC)COC(OCC[N+](C)(C)C)C(=O)[O-]. The van der Waals surface area contributed by atoms with Crippen LogP contribution in [0.5, 0.6) is 0 Å². The molecule has 2 atom stereocenters. The first kappa shape index (κ1) is 53.2. The molecule has 0 aliphatic heterocycles. The van der Waals surface area contributed by atoms with Crippen molar-refractivity contribution in [2.45, 2.75) is 187 Å². The van der Waals surface area contributed by atoms with E-state index in [0.29, 0.717) is 17.4 Å². The minimum atomic E-state index is -1.62. The number of aliphatic carboxylic acids is 1. The summed E-state index contributed by atoms with van der Waals surface area (Å²) in [4.78, 5) is 37.0. The van der Waals surface area contributed by atoms with E-state index in [1.807, 2.05) is 21.1 Å². The minimum absolute atomic E-state index is 0.143. The van der Waals surface area contributed by atoms with Crippen molar-refractivity contribution in [3.63, 3.8) is 0 Å². The third-order valence-electron chi connectivity index (χ3n) is 9.31. The number of carbonyl (C=O) groups excluding carboxylic acids is 3. The van der Waals surface area contributed by atoms with E-state index in [0.717, 1.165) is 83.5 Å². The summed E-state index contributed by atoms with van der Waals surface area (Å²) in [6.45, 7) is 4.59. The van der Waals surface area contributed by atoms with Crippen LogP contribution < -0.4 is 5.11 Å². The average Bonchev–Trinajstić information content (AvgIpc) is 3.15. The van der Waals surface area contributed by atoms with Crippen molar-refractivity contribution in [1.82, 2.24) is 0 Å². The third-order valence-corrected chi connectivity index (χ3v) is 9.31. The summed E-state index contributed by atoms with van der Waals surface area (Å²) in [5, 5.41) is 11.7. The highest BCUT2D eigenvalue weighted by Gasteiger charge is 2.21. The molecule has 2 unspecified atom stereocenters. The van der Waals surface area contributed by atoms with Gasteiger partial charge in [-0.2, -0.15) is 0 Å². The molecule has 0 rings (SSSR count). The molecule has 324 valence electrons. The van der Waals surface area contributed by atoms with E-state index >= 15 is 0 Å². The Balaban J connectivity index is 4.47. The lowest BCUT2D eigenvalue weighted by Crippen LogP contribution is -2.44. The van der Waals surface area contributed by atoms with Gasteiger partial charge < -0.3 is 33.3 Å². The molecule has 0 saturated heterocycles. The number of allylic oxidation sites excluding steroid dienone is 8. The largest absolute Gasteiger partial charge is 0.545 e. The van der Waals surface area contributed by atoms with E-state index in [1.165, 1.54) is 57.8 Å². The zero-order valence-corrected chi connectivity index (χ0v) is 36.5. The maximum Gasteiger partial charge on any atom is 0.306 e. The van der Waals surface area contributed by atoms with Gasteiger partial charge >= 0.3 is 11.9 Å². The van der Waals surface area contributed by atoms with E-state index in [9.17, 15) is 19.5 Å². The number of rotatable bonds is 40. The summed E-state index contributed by atoms with van der Waals surface area (Å²) < 4.78 is 22.5. The number of carbonyl (C=O) groups is 3. The van der Waals surface area contributed by atoms with Gasteiger partial charge in [0.1, 0.15) is 13.2 Å². The lowest BCUT2D eigenvalue weighted by Gasteiger charge is -2.26. The van der Waals surface area contributed by atoms with Gasteiger partial charge in [-0.1, -0.05) is 140 Å². The van der Waals surface area contributed by atoms with Crippen LogP contribution in [-0.4, -0.2) is 82.3 Å². The molecule has 9 nitrogen and oxygen atoms in total. The van der Waals surface area contributed by atoms with Gasteiger partial charge in [-0.25, -0.2) is 0 Å². The smallest absolute Gasteiger partial charge is 0.306 e. The molecular weight excluding hydrogens is 707 g/mol. The molecule has 0 heterocycles. The molecule has 0 bridgehead atoms. The standard InChI is InChI=1S/C47H83NO8/c1-6-8-10-12-14-16-18-20-22-23-24-26-28-30-32-34-36-38-45(50)56-43(42-55-47(46(51)52)53-40-39-48(3,4)5)41-54-44(49)37-35-33-31-29-27-25-21-19-17-15-13-11-9-7-2/h8,10,14,16,19-22,43,47H,6-7,9,11-13,15,17-18,23-42H2,1-5H3/b10-8-,16-14-,21-19-,22-20-. The summed E-state index contributed by atoms with van der Waals surface area (Å²) in [5.74, 6) is -2.31. The van der Waals surface area contributed by atoms with Crippen molar-refractivity contribution in [1.29, 1.82) is 0 Å². The van der Waals surface area contributed by atoms with E-state index in [1.54, 1.807) is 0 Å². The number of hydrogen-bond acceptors (Lipinski definition) is 8. The third kappa shape index (κ3) is 39.5. The molecular formula is C47H83NO8. The van der Waals surface area contributed by atoms with Crippen LogP contribution in [0.1, 0.15) is 174 Å². The molecule has 0 aliphatic carbocycles. The Hall–Kier alpha value is -2.75. The molecule has 0 aromatic rings. The summed E-state index contributed by atoms with van der Waals surface area (Å²) in [5.41, 5.74) is 0. The highest BCUT2D eigenvalue weighted by Crippen LogP contribution is 2.13. The molecule has 9 heteroatoms. The molecule has 0 saturated carbocycles. The van der Waals surface area contributed by atoms with Crippen LogP contribution in [0.2, 0.25) is 0 Å². The van der Waals surface area contributed by atoms with E-state index in [-0.39, 0.29) is 38.6 Å². The van der Waals surface area contributed by atoms with Crippen molar-refractivity contribution in [2.24, 2.45) is 0 Å². The molecule has 0 radical (unpaired) electrons. The minimum Gasteiger partial charge on any atom is -0.545 e. The number of esters is 2.